The number of benzene rings is 2. The topological polar surface area (TPSA) is 84.0 Å². The first-order chi connectivity index (χ1) is 14.0. The summed E-state index contributed by atoms with van der Waals surface area (Å²) in [5.41, 5.74) is 1.67. The van der Waals surface area contributed by atoms with Gasteiger partial charge in [0.05, 0.1) is 13.7 Å². The molecule has 2 rings (SSSR count). The third-order valence-corrected chi connectivity index (χ3v) is 4.24. The molecule has 0 saturated heterocycles. The molecule has 0 bridgehead atoms. The van der Waals surface area contributed by atoms with E-state index in [-0.39, 0.29) is 36.0 Å². The Balaban J connectivity index is 0.00000450. The first-order valence-electron chi connectivity index (χ1n) is 9.62. The van der Waals surface area contributed by atoms with Gasteiger partial charge >= 0.3 is 0 Å². The molecule has 2 aromatic rings. The number of aliphatic imine (C=N–C) groups is 1. The molecule has 0 radical (unpaired) electrons. The van der Waals surface area contributed by atoms with Crippen molar-refractivity contribution in [1.29, 1.82) is 0 Å². The minimum absolute atomic E-state index is 0. The van der Waals surface area contributed by atoms with Gasteiger partial charge in [0, 0.05) is 25.7 Å². The Morgan fingerprint density at radius 1 is 1.07 bits per heavy atom. The van der Waals surface area contributed by atoms with E-state index in [1.807, 2.05) is 38.1 Å². The number of halogens is 1. The molecule has 2 aromatic carbocycles. The number of guanidine groups is 1. The summed E-state index contributed by atoms with van der Waals surface area (Å²) in [5, 5.41) is 9.27. The predicted octanol–water partition coefficient (Wildman–Crippen LogP) is 2.98. The van der Waals surface area contributed by atoms with Crippen LogP contribution in [0.2, 0.25) is 0 Å². The second-order valence-corrected chi connectivity index (χ2v) is 6.56. The lowest BCUT2D eigenvalue weighted by atomic mass is 10.2. The van der Waals surface area contributed by atoms with Gasteiger partial charge in [0.1, 0.15) is 17.6 Å². The van der Waals surface area contributed by atoms with Crippen molar-refractivity contribution in [2.75, 3.05) is 33.8 Å². The largest absolute Gasteiger partial charge is 0.497 e. The minimum Gasteiger partial charge on any atom is -0.497 e. The Labute approximate surface area is 195 Å². The molecule has 8 heteroatoms. The number of hydrogen-bond acceptors (Lipinski definition) is 4. The fourth-order valence-electron chi connectivity index (χ4n) is 2.63. The highest BCUT2D eigenvalue weighted by molar-refractivity contribution is 14.0. The van der Waals surface area contributed by atoms with E-state index < -0.39 is 0 Å². The maximum atomic E-state index is 12.2. The van der Waals surface area contributed by atoms with Gasteiger partial charge in [-0.3, -0.25) is 9.79 Å². The molecule has 164 valence electrons. The van der Waals surface area contributed by atoms with Crippen molar-refractivity contribution in [3.8, 4) is 11.5 Å². The first-order valence-corrected chi connectivity index (χ1v) is 9.62. The van der Waals surface area contributed by atoms with Crippen LogP contribution in [0.1, 0.15) is 22.8 Å². The summed E-state index contributed by atoms with van der Waals surface area (Å²) in [7, 11) is 3.28. The number of ether oxygens (including phenoxy) is 2. The summed E-state index contributed by atoms with van der Waals surface area (Å²) in [5.74, 6) is 2.04. The number of carbonyl (C=O) groups is 1. The number of nitrogens with one attached hydrogen (secondary N) is 3. The van der Waals surface area contributed by atoms with Crippen molar-refractivity contribution < 1.29 is 14.3 Å². The highest BCUT2D eigenvalue weighted by atomic mass is 127. The molecule has 0 aliphatic rings. The third-order valence-electron chi connectivity index (χ3n) is 4.24. The molecule has 3 N–H and O–H groups in total. The average Bonchev–Trinajstić information content (AvgIpc) is 2.74. The molecule has 0 saturated carbocycles. The zero-order chi connectivity index (χ0) is 21.1. The molecule has 1 atom stereocenters. The molecule has 0 aromatic heterocycles. The Hall–Kier alpha value is -2.49. The van der Waals surface area contributed by atoms with E-state index in [1.165, 1.54) is 0 Å². The second-order valence-electron chi connectivity index (χ2n) is 6.56. The van der Waals surface area contributed by atoms with E-state index in [0.717, 1.165) is 11.3 Å². The summed E-state index contributed by atoms with van der Waals surface area (Å²) in [6.45, 7) is 5.63. The number of rotatable bonds is 9. The molecule has 0 fully saturated rings. The van der Waals surface area contributed by atoms with Crippen LogP contribution in [0.3, 0.4) is 0 Å². The van der Waals surface area contributed by atoms with E-state index in [9.17, 15) is 4.79 Å². The average molecular weight is 526 g/mol. The SMILES string of the molecule is CN=C(NCCNC(=O)c1cccc(OC)c1)NCC(C)Oc1ccccc1C.I. The van der Waals surface area contributed by atoms with Gasteiger partial charge in [-0.05, 0) is 43.7 Å². The van der Waals surface area contributed by atoms with Crippen molar-refractivity contribution in [2.45, 2.75) is 20.0 Å². The standard InChI is InChI=1S/C22H30N4O3.HI/c1-16-8-5-6-11-20(16)29-17(2)15-26-22(23-3)25-13-12-24-21(27)18-9-7-10-19(14-18)28-4;/h5-11,14,17H,12-13,15H2,1-4H3,(H,24,27)(H2,23,25,26);1H. The molecule has 1 amide bonds. The van der Waals surface area contributed by atoms with Gasteiger partial charge in [0.2, 0.25) is 0 Å². The maximum absolute atomic E-state index is 12.2. The normalized spacial score (nSPS) is 11.7. The van der Waals surface area contributed by atoms with Crippen molar-refractivity contribution in [2.24, 2.45) is 4.99 Å². The van der Waals surface area contributed by atoms with Gasteiger partial charge in [0.25, 0.3) is 5.91 Å². The lowest BCUT2D eigenvalue weighted by Crippen LogP contribution is -2.44. The van der Waals surface area contributed by atoms with Crippen LogP contribution in [-0.4, -0.2) is 51.8 Å². The summed E-state index contributed by atoms with van der Waals surface area (Å²) in [6.07, 6.45) is -0.0255. The zero-order valence-corrected chi connectivity index (χ0v) is 20.2. The summed E-state index contributed by atoms with van der Waals surface area (Å²) < 4.78 is 11.1. The molecule has 0 spiro atoms. The van der Waals surface area contributed by atoms with Crippen LogP contribution >= 0.6 is 24.0 Å². The summed E-state index contributed by atoms with van der Waals surface area (Å²) in [4.78, 5) is 16.4. The molecule has 30 heavy (non-hydrogen) atoms. The Kier molecular flexibility index (Phi) is 11.7. The van der Waals surface area contributed by atoms with Gasteiger partial charge in [-0.25, -0.2) is 0 Å². The van der Waals surface area contributed by atoms with Crippen LogP contribution < -0.4 is 25.4 Å². The molecule has 7 nitrogen and oxygen atoms in total. The number of carbonyl (C=O) groups excluding carboxylic acids is 1. The quantitative estimate of drug-likeness (QED) is 0.203. The predicted molar refractivity (Wildman–Crippen MR) is 131 cm³/mol. The lowest BCUT2D eigenvalue weighted by Gasteiger charge is -2.19. The van der Waals surface area contributed by atoms with Gasteiger partial charge < -0.3 is 25.4 Å². The number of hydrogen-bond donors (Lipinski definition) is 3. The van der Waals surface area contributed by atoms with Crippen molar-refractivity contribution in [3.05, 3.63) is 59.7 Å². The second kappa shape index (κ2) is 13.7. The van der Waals surface area contributed by atoms with Crippen LogP contribution in [-0.2, 0) is 0 Å². The zero-order valence-electron chi connectivity index (χ0n) is 17.9. The fourth-order valence-corrected chi connectivity index (χ4v) is 2.63. The Morgan fingerprint density at radius 2 is 1.80 bits per heavy atom. The Bertz CT molecular complexity index is 830. The third kappa shape index (κ3) is 8.48. The van der Waals surface area contributed by atoms with Crippen molar-refractivity contribution in [3.63, 3.8) is 0 Å². The number of para-hydroxylation sites is 1. The van der Waals surface area contributed by atoms with E-state index in [4.69, 9.17) is 9.47 Å². The summed E-state index contributed by atoms with van der Waals surface area (Å²) in [6, 6.07) is 15.0. The van der Waals surface area contributed by atoms with Crippen molar-refractivity contribution in [1.82, 2.24) is 16.0 Å². The highest BCUT2D eigenvalue weighted by Crippen LogP contribution is 2.17. The molecule has 0 heterocycles. The van der Waals surface area contributed by atoms with Crippen LogP contribution in [0.15, 0.2) is 53.5 Å². The minimum atomic E-state index is -0.145. The first kappa shape index (κ1) is 25.5. The molecule has 0 aliphatic heterocycles. The number of methoxy groups -OCH3 is 1. The summed E-state index contributed by atoms with van der Waals surface area (Å²) >= 11 is 0. The highest BCUT2D eigenvalue weighted by Gasteiger charge is 2.08. The van der Waals surface area contributed by atoms with E-state index in [1.54, 1.807) is 38.4 Å². The van der Waals surface area contributed by atoms with Crippen LogP contribution in [0.4, 0.5) is 0 Å². The monoisotopic (exact) mass is 526 g/mol. The van der Waals surface area contributed by atoms with E-state index in [2.05, 4.69) is 20.9 Å². The van der Waals surface area contributed by atoms with Gasteiger partial charge in [-0.1, -0.05) is 24.3 Å². The molecule has 0 aliphatic carbocycles. The molecule has 1 unspecified atom stereocenters. The smallest absolute Gasteiger partial charge is 0.251 e. The van der Waals surface area contributed by atoms with Crippen LogP contribution in [0.25, 0.3) is 0 Å². The van der Waals surface area contributed by atoms with E-state index in [0.29, 0.717) is 36.9 Å². The van der Waals surface area contributed by atoms with Gasteiger partial charge in [0.15, 0.2) is 5.96 Å². The number of amides is 1. The molecular weight excluding hydrogens is 495 g/mol. The fraction of sp³-hybridized carbons (Fsp3) is 0.364. The lowest BCUT2D eigenvalue weighted by molar-refractivity contribution is 0.0954. The number of aryl methyl sites for hydroxylation is 1. The van der Waals surface area contributed by atoms with Crippen LogP contribution in [0.5, 0.6) is 11.5 Å². The van der Waals surface area contributed by atoms with Crippen LogP contribution in [0, 0.1) is 6.92 Å². The van der Waals surface area contributed by atoms with E-state index >= 15 is 0 Å². The van der Waals surface area contributed by atoms with Gasteiger partial charge in [-0.2, -0.15) is 0 Å². The van der Waals surface area contributed by atoms with Gasteiger partial charge in [-0.15, -0.1) is 24.0 Å². The maximum Gasteiger partial charge on any atom is 0.251 e. The number of nitrogens with zero attached hydrogens (tertiary/aromatic N) is 1. The molecular formula is C22H31IN4O3. The Morgan fingerprint density at radius 3 is 2.50 bits per heavy atom. The van der Waals surface area contributed by atoms with Crippen molar-refractivity contribution >= 4 is 35.8 Å².